The van der Waals surface area contributed by atoms with E-state index in [1.807, 2.05) is 0 Å². The fourth-order valence-electron chi connectivity index (χ4n) is 2.17. The van der Waals surface area contributed by atoms with Crippen molar-refractivity contribution in [2.75, 3.05) is 13.1 Å². The summed E-state index contributed by atoms with van der Waals surface area (Å²) in [4.78, 5) is 24.9. The van der Waals surface area contributed by atoms with E-state index in [1.54, 1.807) is 4.90 Å². The van der Waals surface area contributed by atoms with Gasteiger partial charge in [-0.15, -0.1) is 0 Å². The van der Waals surface area contributed by atoms with E-state index in [9.17, 15) is 9.59 Å². The van der Waals surface area contributed by atoms with Gasteiger partial charge in [-0.2, -0.15) is 0 Å². The van der Waals surface area contributed by atoms with Gasteiger partial charge in [0.1, 0.15) is 5.92 Å². The average molecular weight is 285 g/mol. The van der Waals surface area contributed by atoms with Crippen LogP contribution in [0.4, 0.5) is 0 Å². The van der Waals surface area contributed by atoms with E-state index in [0.29, 0.717) is 13.1 Å². The summed E-state index contributed by atoms with van der Waals surface area (Å²) < 4.78 is 0. The molecular weight excluding hydrogens is 254 g/mol. The highest BCUT2D eigenvalue weighted by Crippen LogP contribution is 2.09. The van der Waals surface area contributed by atoms with E-state index in [1.165, 1.54) is 19.8 Å². The molecule has 4 heteroatoms. The van der Waals surface area contributed by atoms with E-state index < -0.39 is 11.9 Å². The average Bonchev–Trinajstić information content (AvgIpc) is 2.44. The lowest BCUT2D eigenvalue weighted by Gasteiger charge is -2.24. The Kier molecular flexibility index (Phi) is 11.1. The SMILES string of the molecule is CCCCCCN(CCCCCC)C(=O)C(C)C(=O)O. The molecule has 1 atom stereocenters. The highest BCUT2D eigenvalue weighted by molar-refractivity contribution is 5.96. The van der Waals surface area contributed by atoms with Crippen molar-refractivity contribution < 1.29 is 14.7 Å². The Hall–Kier alpha value is -1.06. The second-order valence-corrected chi connectivity index (χ2v) is 5.51. The van der Waals surface area contributed by atoms with Gasteiger partial charge in [0.05, 0.1) is 0 Å². The Morgan fingerprint density at radius 3 is 1.70 bits per heavy atom. The van der Waals surface area contributed by atoms with Crippen molar-refractivity contribution in [3.05, 3.63) is 0 Å². The van der Waals surface area contributed by atoms with Crippen LogP contribution in [0.25, 0.3) is 0 Å². The summed E-state index contributed by atoms with van der Waals surface area (Å²) >= 11 is 0. The highest BCUT2D eigenvalue weighted by Gasteiger charge is 2.25. The number of hydrogen-bond donors (Lipinski definition) is 1. The number of hydrogen-bond acceptors (Lipinski definition) is 2. The summed E-state index contributed by atoms with van der Waals surface area (Å²) in [6.45, 7) is 7.18. The van der Waals surface area contributed by atoms with E-state index in [2.05, 4.69) is 13.8 Å². The molecule has 1 unspecified atom stereocenters. The maximum atomic E-state index is 12.2. The summed E-state index contributed by atoms with van der Waals surface area (Å²) in [5.41, 5.74) is 0. The lowest BCUT2D eigenvalue weighted by molar-refractivity contribution is -0.150. The minimum Gasteiger partial charge on any atom is -0.481 e. The predicted molar refractivity (Wildman–Crippen MR) is 81.7 cm³/mol. The smallest absolute Gasteiger partial charge is 0.315 e. The molecule has 0 aliphatic heterocycles. The Morgan fingerprint density at radius 1 is 0.900 bits per heavy atom. The van der Waals surface area contributed by atoms with Crippen LogP contribution in [-0.4, -0.2) is 35.0 Å². The molecule has 1 N–H and O–H groups in total. The third-order valence-electron chi connectivity index (χ3n) is 3.62. The number of unbranched alkanes of at least 4 members (excludes halogenated alkanes) is 6. The Balaban J connectivity index is 4.29. The quantitative estimate of drug-likeness (QED) is 0.439. The first kappa shape index (κ1) is 18.9. The van der Waals surface area contributed by atoms with Crippen molar-refractivity contribution in [3.8, 4) is 0 Å². The van der Waals surface area contributed by atoms with Crippen LogP contribution in [0, 0.1) is 5.92 Å². The third-order valence-corrected chi connectivity index (χ3v) is 3.62. The van der Waals surface area contributed by atoms with Crippen LogP contribution in [-0.2, 0) is 9.59 Å². The maximum Gasteiger partial charge on any atom is 0.315 e. The van der Waals surface area contributed by atoms with E-state index in [0.717, 1.165) is 38.5 Å². The fraction of sp³-hybridized carbons (Fsp3) is 0.875. The van der Waals surface area contributed by atoms with Gasteiger partial charge in [0, 0.05) is 13.1 Å². The number of carbonyl (C=O) groups is 2. The fourth-order valence-corrected chi connectivity index (χ4v) is 2.17. The van der Waals surface area contributed by atoms with Gasteiger partial charge in [-0.05, 0) is 19.8 Å². The van der Waals surface area contributed by atoms with E-state index in [-0.39, 0.29) is 5.91 Å². The van der Waals surface area contributed by atoms with Crippen LogP contribution in [0.2, 0.25) is 0 Å². The van der Waals surface area contributed by atoms with Crippen molar-refractivity contribution in [2.45, 2.75) is 72.1 Å². The number of carboxylic acids is 1. The molecule has 0 aliphatic carbocycles. The molecule has 1 amide bonds. The standard InChI is InChI=1S/C16H31NO3/c1-4-6-8-10-12-17(13-11-9-7-5-2)15(18)14(3)16(19)20/h14H,4-13H2,1-3H3,(H,19,20). The maximum absolute atomic E-state index is 12.2. The van der Waals surface area contributed by atoms with Gasteiger partial charge >= 0.3 is 5.97 Å². The molecule has 0 rings (SSSR count). The molecule has 20 heavy (non-hydrogen) atoms. The summed E-state index contributed by atoms with van der Waals surface area (Å²) in [6.07, 6.45) is 8.83. The zero-order valence-electron chi connectivity index (χ0n) is 13.4. The molecule has 0 saturated heterocycles. The zero-order valence-corrected chi connectivity index (χ0v) is 13.4. The Morgan fingerprint density at radius 2 is 1.35 bits per heavy atom. The van der Waals surface area contributed by atoms with Crippen LogP contribution < -0.4 is 0 Å². The number of aliphatic carboxylic acids is 1. The molecule has 0 aromatic carbocycles. The first-order valence-electron chi connectivity index (χ1n) is 8.06. The van der Waals surface area contributed by atoms with Crippen molar-refractivity contribution in [1.82, 2.24) is 4.90 Å². The van der Waals surface area contributed by atoms with E-state index >= 15 is 0 Å². The normalized spacial score (nSPS) is 12.2. The monoisotopic (exact) mass is 285 g/mol. The summed E-state index contributed by atoms with van der Waals surface area (Å²) in [5, 5.41) is 8.97. The van der Waals surface area contributed by atoms with Crippen molar-refractivity contribution in [1.29, 1.82) is 0 Å². The molecule has 0 fully saturated rings. The van der Waals surface area contributed by atoms with Gasteiger partial charge in [0.15, 0.2) is 0 Å². The zero-order chi connectivity index (χ0) is 15.4. The van der Waals surface area contributed by atoms with Gasteiger partial charge in [0.2, 0.25) is 5.91 Å². The van der Waals surface area contributed by atoms with Crippen molar-refractivity contribution in [2.24, 2.45) is 5.92 Å². The van der Waals surface area contributed by atoms with Gasteiger partial charge in [-0.25, -0.2) is 0 Å². The second-order valence-electron chi connectivity index (χ2n) is 5.51. The molecule has 0 heterocycles. The van der Waals surface area contributed by atoms with Crippen molar-refractivity contribution in [3.63, 3.8) is 0 Å². The molecule has 0 aromatic heterocycles. The molecule has 0 spiro atoms. The lowest BCUT2D eigenvalue weighted by Crippen LogP contribution is -2.39. The summed E-state index contributed by atoms with van der Waals surface area (Å²) in [5.74, 6) is -2.18. The number of carboxylic acid groups (broad SMARTS) is 1. The minimum absolute atomic E-state index is 0.231. The first-order chi connectivity index (χ1) is 9.54. The molecule has 0 radical (unpaired) electrons. The highest BCUT2D eigenvalue weighted by atomic mass is 16.4. The molecule has 0 saturated carbocycles. The Labute approximate surface area is 123 Å². The molecule has 0 aromatic rings. The van der Waals surface area contributed by atoms with Gasteiger partial charge in [0.25, 0.3) is 0 Å². The van der Waals surface area contributed by atoms with Crippen LogP contribution in [0.15, 0.2) is 0 Å². The number of rotatable bonds is 12. The summed E-state index contributed by atoms with van der Waals surface area (Å²) in [6, 6.07) is 0. The first-order valence-corrected chi connectivity index (χ1v) is 8.06. The molecule has 0 bridgehead atoms. The lowest BCUT2D eigenvalue weighted by atomic mass is 10.1. The van der Waals surface area contributed by atoms with Crippen molar-refractivity contribution >= 4 is 11.9 Å². The van der Waals surface area contributed by atoms with E-state index in [4.69, 9.17) is 5.11 Å². The molecule has 0 aliphatic rings. The van der Waals surface area contributed by atoms with Crippen LogP contribution in [0.3, 0.4) is 0 Å². The largest absolute Gasteiger partial charge is 0.481 e. The van der Waals surface area contributed by atoms with Crippen LogP contribution in [0.5, 0.6) is 0 Å². The van der Waals surface area contributed by atoms with Crippen LogP contribution >= 0.6 is 0 Å². The number of carbonyl (C=O) groups excluding carboxylic acids is 1. The number of nitrogens with zero attached hydrogens (tertiary/aromatic N) is 1. The minimum atomic E-state index is -1.03. The predicted octanol–water partition coefficient (Wildman–Crippen LogP) is 3.70. The third kappa shape index (κ3) is 8.18. The number of amides is 1. The van der Waals surface area contributed by atoms with Gasteiger partial charge in [-0.1, -0.05) is 52.4 Å². The Bertz CT molecular complexity index is 267. The van der Waals surface area contributed by atoms with Crippen LogP contribution in [0.1, 0.15) is 72.1 Å². The molecular formula is C16H31NO3. The molecule has 4 nitrogen and oxygen atoms in total. The van der Waals surface area contributed by atoms with Gasteiger partial charge in [-0.3, -0.25) is 9.59 Å². The summed E-state index contributed by atoms with van der Waals surface area (Å²) in [7, 11) is 0. The topological polar surface area (TPSA) is 57.6 Å². The van der Waals surface area contributed by atoms with Gasteiger partial charge < -0.3 is 10.0 Å². The molecule has 118 valence electrons. The second kappa shape index (κ2) is 11.7.